The molecule has 1 rings (SSSR count). The first-order chi connectivity index (χ1) is 6.14. The van der Waals surface area contributed by atoms with Crippen molar-refractivity contribution in [1.82, 2.24) is 4.90 Å². The van der Waals surface area contributed by atoms with Crippen LogP contribution in [0.15, 0.2) is 0 Å². The Kier molecular flexibility index (Phi) is 4.16. The average Bonchev–Trinajstić information content (AvgIpc) is 2.17. The maximum Gasteiger partial charge on any atom is 0.0753 e. The number of hydrogen-bond donors (Lipinski definition) is 2. The van der Waals surface area contributed by atoms with Gasteiger partial charge in [0, 0.05) is 13.1 Å². The van der Waals surface area contributed by atoms with Crippen LogP contribution in [0.5, 0.6) is 0 Å². The maximum absolute atomic E-state index is 9.70. The molecule has 3 N–H and O–H groups in total. The summed E-state index contributed by atoms with van der Waals surface area (Å²) >= 11 is 0. The van der Waals surface area contributed by atoms with E-state index in [0.29, 0.717) is 6.54 Å². The number of aliphatic hydroxyl groups is 1. The molecule has 78 valence electrons. The van der Waals surface area contributed by atoms with E-state index in [0.717, 1.165) is 13.0 Å². The number of nitrogens with zero attached hydrogens (tertiary/aromatic N) is 1. The van der Waals surface area contributed by atoms with Gasteiger partial charge in [0.1, 0.15) is 0 Å². The van der Waals surface area contributed by atoms with Crippen LogP contribution in [0.1, 0.15) is 32.6 Å². The third-order valence-electron chi connectivity index (χ3n) is 2.86. The predicted octanol–water partition coefficient (Wildman–Crippen LogP) is 0.572. The average molecular weight is 186 g/mol. The lowest BCUT2D eigenvalue weighted by atomic mass is 10.0. The maximum atomic E-state index is 9.70. The van der Waals surface area contributed by atoms with Crippen LogP contribution in [0, 0.1) is 0 Å². The van der Waals surface area contributed by atoms with E-state index < -0.39 is 5.60 Å². The summed E-state index contributed by atoms with van der Waals surface area (Å²) in [6.07, 6.45) is 4.78. The summed E-state index contributed by atoms with van der Waals surface area (Å²) in [6.45, 7) is 5.56. The predicted molar refractivity (Wildman–Crippen MR) is 54.6 cm³/mol. The first-order valence-electron chi connectivity index (χ1n) is 5.29. The standard InChI is InChI=1S/C10H22N2O/c1-10(13,9-11)5-8-12-6-3-2-4-7-12/h13H,2-9,11H2,1H3. The molecule has 0 radical (unpaired) electrons. The van der Waals surface area contributed by atoms with E-state index in [1.165, 1.54) is 32.4 Å². The molecule has 1 fully saturated rings. The van der Waals surface area contributed by atoms with E-state index in [1.807, 2.05) is 6.92 Å². The van der Waals surface area contributed by atoms with Gasteiger partial charge in [-0.25, -0.2) is 0 Å². The van der Waals surface area contributed by atoms with Crippen molar-refractivity contribution < 1.29 is 5.11 Å². The Morgan fingerprint density at radius 1 is 1.31 bits per heavy atom. The quantitative estimate of drug-likeness (QED) is 0.675. The topological polar surface area (TPSA) is 49.5 Å². The Balaban J connectivity index is 2.17. The van der Waals surface area contributed by atoms with Crippen LogP contribution in [-0.2, 0) is 0 Å². The van der Waals surface area contributed by atoms with Crippen molar-refractivity contribution in [2.75, 3.05) is 26.2 Å². The summed E-state index contributed by atoms with van der Waals surface area (Å²) in [6, 6.07) is 0. The molecule has 0 saturated carbocycles. The van der Waals surface area contributed by atoms with Crippen LogP contribution in [0.3, 0.4) is 0 Å². The molecule has 1 unspecified atom stereocenters. The highest BCUT2D eigenvalue weighted by molar-refractivity contribution is 4.76. The highest BCUT2D eigenvalue weighted by Crippen LogP contribution is 2.12. The normalized spacial score (nSPS) is 24.2. The van der Waals surface area contributed by atoms with E-state index in [9.17, 15) is 5.11 Å². The van der Waals surface area contributed by atoms with E-state index in [-0.39, 0.29) is 0 Å². The zero-order valence-corrected chi connectivity index (χ0v) is 8.63. The van der Waals surface area contributed by atoms with Crippen molar-refractivity contribution in [2.24, 2.45) is 5.73 Å². The lowest BCUT2D eigenvalue weighted by Crippen LogP contribution is -2.40. The molecular weight excluding hydrogens is 164 g/mol. The number of hydrogen-bond acceptors (Lipinski definition) is 3. The van der Waals surface area contributed by atoms with Crippen LogP contribution in [0.4, 0.5) is 0 Å². The van der Waals surface area contributed by atoms with Gasteiger partial charge in [0.15, 0.2) is 0 Å². The summed E-state index contributed by atoms with van der Waals surface area (Å²) in [4.78, 5) is 2.42. The van der Waals surface area contributed by atoms with Gasteiger partial charge in [-0.05, 0) is 39.3 Å². The highest BCUT2D eigenvalue weighted by Gasteiger charge is 2.19. The summed E-state index contributed by atoms with van der Waals surface area (Å²) in [5.74, 6) is 0. The van der Waals surface area contributed by atoms with Crippen molar-refractivity contribution in [3.63, 3.8) is 0 Å². The smallest absolute Gasteiger partial charge is 0.0753 e. The van der Waals surface area contributed by atoms with Crippen LogP contribution in [0.25, 0.3) is 0 Å². The van der Waals surface area contributed by atoms with Gasteiger partial charge in [-0.15, -0.1) is 0 Å². The third kappa shape index (κ3) is 4.07. The summed E-state index contributed by atoms with van der Waals surface area (Å²) in [5, 5.41) is 9.70. The van der Waals surface area contributed by atoms with Crippen molar-refractivity contribution in [2.45, 2.75) is 38.2 Å². The molecule has 0 spiro atoms. The Hall–Kier alpha value is -0.120. The van der Waals surface area contributed by atoms with E-state index in [1.54, 1.807) is 0 Å². The van der Waals surface area contributed by atoms with Crippen LogP contribution in [0.2, 0.25) is 0 Å². The minimum absolute atomic E-state index is 0.362. The van der Waals surface area contributed by atoms with Crippen molar-refractivity contribution >= 4 is 0 Å². The van der Waals surface area contributed by atoms with E-state index in [2.05, 4.69) is 4.90 Å². The molecule has 0 aromatic rings. The van der Waals surface area contributed by atoms with Gasteiger partial charge < -0.3 is 15.7 Å². The second kappa shape index (κ2) is 4.94. The van der Waals surface area contributed by atoms with Gasteiger partial charge >= 0.3 is 0 Å². The monoisotopic (exact) mass is 186 g/mol. The Labute approximate surface area is 80.9 Å². The van der Waals surface area contributed by atoms with Crippen molar-refractivity contribution in [3.8, 4) is 0 Å². The number of rotatable bonds is 4. The van der Waals surface area contributed by atoms with Crippen LogP contribution >= 0.6 is 0 Å². The number of piperidine rings is 1. The summed E-state index contributed by atoms with van der Waals surface area (Å²) in [7, 11) is 0. The molecular formula is C10H22N2O. The molecule has 0 bridgehead atoms. The second-order valence-corrected chi connectivity index (χ2v) is 4.35. The number of nitrogens with two attached hydrogens (primary N) is 1. The first-order valence-corrected chi connectivity index (χ1v) is 5.29. The summed E-state index contributed by atoms with van der Waals surface area (Å²) < 4.78 is 0. The zero-order valence-electron chi connectivity index (χ0n) is 8.63. The largest absolute Gasteiger partial charge is 0.389 e. The SMILES string of the molecule is CC(O)(CN)CCN1CCCCC1. The molecule has 1 aliphatic rings. The fourth-order valence-corrected chi connectivity index (χ4v) is 1.68. The van der Waals surface area contributed by atoms with Gasteiger partial charge in [-0.2, -0.15) is 0 Å². The fraction of sp³-hybridized carbons (Fsp3) is 1.00. The molecule has 0 aromatic heterocycles. The molecule has 0 aromatic carbocycles. The minimum atomic E-state index is -0.669. The van der Waals surface area contributed by atoms with Gasteiger partial charge in [0.25, 0.3) is 0 Å². The van der Waals surface area contributed by atoms with E-state index in [4.69, 9.17) is 5.73 Å². The highest BCUT2D eigenvalue weighted by atomic mass is 16.3. The van der Waals surface area contributed by atoms with Crippen molar-refractivity contribution in [1.29, 1.82) is 0 Å². The van der Waals surface area contributed by atoms with Gasteiger partial charge in [-0.1, -0.05) is 6.42 Å². The zero-order chi connectivity index (χ0) is 9.73. The van der Waals surface area contributed by atoms with Crippen molar-refractivity contribution in [3.05, 3.63) is 0 Å². The minimum Gasteiger partial charge on any atom is -0.389 e. The molecule has 1 heterocycles. The fourth-order valence-electron chi connectivity index (χ4n) is 1.68. The lowest BCUT2D eigenvalue weighted by Gasteiger charge is -2.30. The first kappa shape index (κ1) is 11.0. The molecule has 3 heteroatoms. The Bertz CT molecular complexity index is 142. The van der Waals surface area contributed by atoms with Crippen LogP contribution < -0.4 is 5.73 Å². The Morgan fingerprint density at radius 2 is 1.92 bits per heavy atom. The Morgan fingerprint density at radius 3 is 2.46 bits per heavy atom. The lowest BCUT2D eigenvalue weighted by molar-refractivity contribution is 0.0453. The van der Waals surface area contributed by atoms with E-state index >= 15 is 0 Å². The molecule has 1 aliphatic heterocycles. The molecule has 0 aliphatic carbocycles. The van der Waals surface area contributed by atoms with Gasteiger partial charge in [0.05, 0.1) is 5.60 Å². The molecule has 1 atom stereocenters. The van der Waals surface area contributed by atoms with Crippen LogP contribution in [-0.4, -0.2) is 41.8 Å². The van der Waals surface area contributed by atoms with Gasteiger partial charge in [-0.3, -0.25) is 0 Å². The molecule has 3 nitrogen and oxygen atoms in total. The molecule has 1 saturated heterocycles. The van der Waals surface area contributed by atoms with Gasteiger partial charge in [0.2, 0.25) is 0 Å². The number of likely N-dealkylation sites (tertiary alicyclic amines) is 1. The second-order valence-electron chi connectivity index (χ2n) is 4.35. The molecule has 13 heavy (non-hydrogen) atoms. The third-order valence-corrected chi connectivity index (χ3v) is 2.86. The summed E-state index contributed by atoms with van der Waals surface area (Å²) in [5.41, 5.74) is 4.78. The molecule has 0 amide bonds.